The molecule has 0 bridgehead atoms. The minimum atomic E-state index is -0.500. The lowest BCUT2D eigenvalue weighted by Gasteiger charge is -2.08. The van der Waals surface area contributed by atoms with Crippen molar-refractivity contribution in [2.75, 3.05) is 0 Å². The molecule has 0 amide bonds. The highest BCUT2D eigenvalue weighted by Crippen LogP contribution is 2.19. The van der Waals surface area contributed by atoms with Crippen molar-refractivity contribution in [2.45, 2.75) is 6.61 Å². The smallest absolute Gasteiger partial charge is 0.248 e. The monoisotopic (exact) mass is 321 g/mol. The Morgan fingerprint density at radius 2 is 2.08 bits per heavy atom. The molecule has 0 saturated heterocycles. The number of aromatic amines is 1. The van der Waals surface area contributed by atoms with Crippen LogP contribution in [0.5, 0.6) is 5.88 Å². The molecule has 2 aromatic heterocycles. The summed E-state index contributed by atoms with van der Waals surface area (Å²) in [5, 5.41) is 8.74. The average molecular weight is 321 g/mol. The van der Waals surface area contributed by atoms with Crippen LogP contribution in [0.15, 0.2) is 59.5 Å². The molecule has 0 saturated carbocycles. The summed E-state index contributed by atoms with van der Waals surface area (Å²) in [5.41, 5.74) is 1.61. The number of hydrogen-bond donors (Lipinski definition) is 1. The highest BCUT2D eigenvalue weighted by Gasteiger charge is 2.06. The maximum absolute atomic E-state index is 13.8. The largest absolute Gasteiger partial charge is 0.473 e. The van der Waals surface area contributed by atoms with Gasteiger partial charge in [-0.1, -0.05) is 12.1 Å². The van der Waals surface area contributed by atoms with Crippen molar-refractivity contribution < 1.29 is 9.13 Å². The minimum absolute atomic E-state index is 0.0105. The summed E-state index contributed by atoms with van der Waals surface area (Å²) in [6, 6.07) is 14.4. The molecule has 0 aliphatic heterocycles. The topological polar surface area (TPSA) is 78.8 Å². The Hall–Kier alpha value is -3.46. The molecule has 0 aliphatic rings. The van der Waals surface area contributed by atoms with Gasteiger partial charge in [-0.05, 0) is 24.3 Å². The van der Waals surface area contributed by atoms with Gasteiger partial charge in [0.05, 0.1) is 17.3 Å². The first kappa shape index (κ1) is 15.4. The molecule has 118 valence electrons. The second kappa shape index (κ2) is 6.75. The number of ether oxygens (including phenoxy) is 1. The third-order valence-corrected chi connectivity index (χ3v) is 3.35. The van der Waals surface area contributed by atoms with Gasteiger partial charge in [0.25, 0.3) is 0 Å². The fourth-order valence-corrected chi connectivity index (χ4v) is 2.15. The summed E-state index contributed by atoms with van der Waals surface area (Å²) < 4.78 is 19.4. The Labute approximate surface area is 137 Å². The molecule has 2 heterocycles. The quantitative estimate of drug-likeness (QED) is 0.801. The summed E-state index contributed by atoms with van der Waals surface area (Å²) in [7, 11) is 0. The van der Waals surface area contributed by atoms with Gasteiger partial charge in [0.1, 0.15) is 12.4 Å². The van der Waals surface area contributed by atoms with E-state index >= 15 is 0 Å². The molecule has 1 aromatic carbocycles. The molecule has 3 rings (SSSR count). The normalized spacial score (nSPS) is 10.2. The summed E-state index contributed by atoms with van der Waals surface area (Å²) in [6.45, 7) is -0.0105. The van der Waals surface area contributed by atoms with Gasteiger partial charge in [-0.2, -0.15) is 5.26 Å². The Balaban J connectivity index is 1.78. The SMILES string of the molecule is N#Cc1ccc(COc2cccc(-c3cc[nH]c(=O)c3)n2)c(F)c1. The first-order chi connectivity index (χ1) is 11.7. The van der Waals surface area contributed by atoms with Crippen molar-refractivity contribution in [3.63, 3.8) is 0 Å². The highest BCUT2D eigenvalue weighted by molar-refractivity contribution is 5.58. The van der Waals surface area contributed by atoms with Crippen molar-refractivity contribution in [3.8, 4) is 23.2 Å². The molecule has 0 atom stereocenters. The lowest BCUT2D eigenvalue weighted by Crippen LogP contribution is -2.03. The van der Waals surface area contributed by atoms with Crippen LogP contribution in [0.4, 0.5) is 4.39 Å². The van der Waals surface area contributed by atoms with Crippen LogP contribution < -0.4 is 10.3 Å². The molecule has 5 nitrogen and oxygen atoms in total. The molecule has 0 aliphatic carbocycles. The van der Waals surface area contributed by atoms with Crippen LogP contribution in [-0.4, -0.2) is 9.97 Å². The number of halogens is 1. The van der Waals surface area contributed by atoms with Crippen LogP contribution in [0.2, 0.25) is 0 Å². The third kappa shape index (κ3) is 3.47. The Bertz CT molecular complexity index is 976. The molecular formula is C18H12FN3O2. The van der Waals surface area contributed by atoms with Crippen LogP contribution in [0, 0.1) is 17.1 Å². The zero-order chi connectivity index (χ0) is 16.9. The number of pyridine rings is 2. The van der Waals surface area contributed by atoms with Gasteiger partial charge in [0.2, 0.25) is 11.4 Å². The minimum Gasteiger partial charge on any atom is -0.473 e. The maximum Gasteiger partial charge on any atom is 0.248 e. The van der Waals surface area contributed by atoms with Crippen molar-refractivity contribution in [1.29, 1.82) is 5.26 Å². The Morgan fingerprint density at radius 1 is 1.21 bits per heavy atom. The molecule has 6 heteroatoms. The van der Waals surface area contributed by atoms with Crippen LogP contribution >= 0.6 is 0 Å². The molecule has 3 aromatic rings. The third-order valence-electron chi connectivity index (χ3n) is 3.35. The molecule has 0 spiro atoms. The molecular weight excluding hydrogens is 309 g/mol. The number of nitrogens with zero attached hydrogens (tertiary/aromatic N) is 2. The van der Waals surface area contributed by atoms with E-state index in [4.69, 9.17) is 10.00 Å². The van der Waals surface area contributed by atoms with Gasteiger partial charge in [-0.3, -0.25) is 4.79 Å². The summed E-state index contributed by atoms with van der Waals surface area (Å²) in [4.78, 5) is 18.2. The molecule has 0 unspecified atom stereocenters. The lowest BCUT2D eigenvalue weighted by atomic mass is 10.1. The van der Waals surface area contributed by atoms with Crippen LogP contribution in [-0.2, 0) is 6.61 Å². The van der Waals surface area contributed by atoms with Crippen LogP contribution in [0.25, 0.3) is 11.3 Å². The van der Waals surface area contributed by atoms with Crippen molar-refractivity contribution in [3.05, 3.63) is 82.0 Å². The van der Waals surface area contributed by atoms with Crippen molar-refractivity contribution >= 4 is 0 Å². The highest BCUT2D eigenvalue weighted by atomic mass is 19.1. The van der Waals surface area contributed by atoms with Gasteiger partial charge in [-0.25, -0.2) is 9.37 Å². The molecule has 0 fully saturated rings. The number of hydrogen-bond acceptors (Lipinski definition) is 4. The lowest BCUT2D eigenvalue weighted by molar-refractivity contribution is 0.288. The standard InChI is InChI=1S/C18H12FN3O2/c19-15-8-12(10-20)4-5-14(15)11-24-18-3-1-2-16(22-18)13-6-7-21-17(23)9-13/h1-9H,11H2,(H,21,23). The van der Waals surface area contributed by atoms with Gasteiger partial charge < -0.3 is 9.72 Å². The van der Waals surface area contributed by atoms with Gasteiger partial charge >= 0.3 is 0 Å². The van der Waals surface area contributed by atoms with E-state index in [1.165, 1.54) is 24.3 Å². The van der Waals surface area contributed by atoms with E-state index in [2.05, 4.69) is 9.97 Å². The number of aromatic nitrogens is 2. The number of nitriles is 1. The summed E-state index contributed by atoms with van der Waals surface area (Å²) in [5.74, 6) is -0.184. The Morgan fingerprint density at radius 3 is 2.83 bits per heavy atom. The van der Waals surface area contributed by atoms with Crippen LogP contribution in [0.3, 0.4) is 0 Å². The zero-order valence-corrected chi connectivity index (χ0v) is 12.5. The van der Waals surface area contributed by atoms with Crippen molar-refractivity contribution in [1.82, 2.24) is 9.97 Å². The number of rotatable bonds is 4. The first-order valence-electron chi connectivity index (χ1n) is 7.13. The number of benzene rings is 1. The molecule has 24 heavy (non-hydrogen) atoms. The number of nitrogens with one attached hydrogen (secondary N) is 1. The second-order valence-electron chi connectivity index (χ2n) is 5.01. The first-order valence-corrected chi connectivity index (χ1v) is 7.13. The van der Waals surface area contributed by atoms with E-state index in [-0.39, 0.29) is 17.7 Å². The van der Waals surface area contributed by atoms with Gasteiger partial charge in [-0.15, -0.1) is 0 Å². The summed E-state index contributed by atoms with van der Waals surface area (Å²) >= 11 is 0. The van der Waals surface area contributed by atoms with E-state index in [0.29, 0.717) is 22.7 Å². The average Bonchev–Trinajstić information content (AvgIpc) is 2.61. The molecule has 0 radical (unpaired) electrons. The van der Waals surface area contributed by atoms with E-state index in [0.717, 1.165) is 0 Å². The fraction of sp³-hybridized carbons (Fsp3) is 0.0556. The van der Waals surface area contributed by atoms with Crippen molar-refractivity contribution in [2.24, 2.45) is 0 Å². The van der Waals surface area contributed by atoms with Gasteiger partial charge in [0, 0.05) is 29.5 Å². The second-order valence-corrected chi connectivity index (χ2v) is 5.01. The van der Waals surface area contributed by atoms with Crippen LogP contribution in [0.1, 0.15) is 11.1 Å². The Kier molecular flexibility index (Phi) is 4.34. The van der Waals surface area contributed by atoms with E-state index < -0.39 is 5.82 Å². The van der Waals surface area contributed by atoms with E-state index in [9.17, 15) is 9.18 Å². The fourth-order valence-electron chi connectivity index (χ4n) is 2.15. The summed E-state index contributed by atoms with van der Waals surface area (Å²) in [6.07, 6.45) is 1.54. The van der Waals surface area contributed by atoms with E-state index in [1.807, 2.05) is 6.07 Å². The zero-order valence-electron chi connectivity index (χ0n) is 12.5. The maximum atomic E-state index is 13.8. The predicted molar refractivity (Wildman–Crippen MR) is 85.7 cm³/mol. The number of H-pyrrole nitrogens is 1. The predicted octanol–water partition coefficient (Wildman–Crippen LogP) is 3.03. The van der Waals surface area contributed by atoms with E-state index in [1.54, 1.807) is 30.5 Å². The van der Waals surface area contributed by atoms with Gasteiger partial charge in [0.15, 0.2) is 0 Å². The molecule has 1 N–H and O–H groups in total.